The molecule has 0 atom stereocenters. The molecule has 19 heavy (non-hydrogen) atoms. The summed E-state index contributed by atoms with van der Waals surface area (Å²) < 4.78 is 0. The lowest BCUT2D eigenvalue weighted by molar-refractivity contribution is -0.385. The van der Waals surface area contributed by atoms with E-state index in [1.807, 2.05) is 0 Å². The fourth-order valence-electron chi connectivity index (χ4n) is 1.58. The van der Waals surface area contributed by atoms with Crippen LogP contribution in [0.3, 0.4) is 0 Å². The first-order chi connectivity index (χ1) is 9.00. The number of carbonyl (C=O) groups is 1. The molecule has 0 aliphatic heterocycles. The van der Waals surface area contributed by atoms with Gasteiger partial charge < -0.3 is 0 Å². The fraction of sp³-hybridized carbons (Fsp3) is 0. The summed E-state index contributed by atoms with van der Waals surface area (Å²) in [5, 5.41) is 11.0. The average Bonchev–Trinajstić information content (AvgIpc) is 2.37. The number of hydrogen-bond donors (Lipinski definition) is 0. The topological polar surface area (TPSA) is 73.1 Å². The Kier molecular flexibility index (Phi) is 3.78. The van der Waals surface area contributed by atoms with Crippen molar-refractivity contribution in [2.75, 3.05) is 0 Å². The van der Waals surface area contributed by atoms with E-state index in [0.717, 1.165) is 0 Å². The first-order valence-electron chi connectivity index (χ1n) is 5.09. The molecule has 5 nitrogen and oxygen atoms in total. The molecule has 0 spiro atoms. The van der Waals surface area contributed by atoms with Gasteiger partial charge in [-0.1, -0.05) is 23.2 Å². The lowest BCUT2D eigenvalue weighted by Crippen LogP contribution is -2.06. The summed E-state index contributed by atoms with van der Waals surface area (Å²) in [6.45, 7) is 0. The van der Waals surface area contributed by atoms with Crippen molar-refractivity contribution in [2.24, 2.45) is 0 Å². The van der Waals surface area contributed by atoms with E-state index in [2.05, 4.69) is 4.98 Å². The Bertz CT molecular complexity index is 660. The van der Waals surface area contributed by atoms with Gasteiger partial charge in [-0.2, -0.15) is 0 Å². The van der Waals surface area contributed by atoms with Crippen molar-refractivity contribution < 1.29 is 9.72 Å². The monoisotopic (exact) mass is 296 g/mol. The Balaban J connectivity index is 2.62. The zero-order valence-electron chi connectivity index (χ0n) is 9.34. The second kappa shape index (κ2) is 5.34. The van der Waals surface area contributed by atoms with Crippen molar-refractivity contribution in [3.8, 4) is 0 Å². The van der Waals surface area contributed by atoms with E-state index in [1.165, 1.54) is 36.7 Å². The van der Waals surface area contributed by atoms with Crippen LogP contribution in [0.15, 0.2) is 36.7 Å². The molecule has 2 rings (SSSR count). The lowest BCUT2D eigenvalue weighted by Gasteiger charge is -2.04. The third-order valence-electron chi connectivity index (χ3n) is 2.40. The number of ketones is 1. The molecule has 0 saturated heterocycles. The number of aromatic nitrogens is 1. The van der Waals surface area contributed by atoms with E-state index < -0.39 is 16.4 Å². The quantitative estimate of drug-likeness (QED) is 0.493. The molecule has 1 aromatic carbocycles. The molecule has 96 valence electrons. The largest absolute Gasteiger partial charge is 0.299 e. The van der Waals surface area contributed by atoms with Crippen LogP contribution in [0.25, 0.3) is 0 Å². The molecule has 0 radical (unpaired) electrons. The Morgan fingerprint density at radius 3 is 2.42 bits per heavy atom. The molecule has 0 saturated carbocycles. The Morgan fingerprint density at radius 2 is 1.84 bits per heavy atom. The first kappa shape index (κ1) is 13.5. The van der Waals surface area contributed by atoms with Gasteiger partial charge in [-0.05, 0) is 24.3 Å². The minimum Gasteiger partial charge on any atom is -0.288 e. The molecule has 0 aliphatic rings. The van der Waals surface area contributed by atoms with Crippen molar-refractivity contribution in [3.05, 3.63) is 67.9 Å². The number of carbonyl (C=O) groups excluding carboxylic acids is 1. The van der Waals surface area contributed by atoms with Crippen LogP contribution in [0.5, 0.6) is 0 Å². The van der Waals surface area contributed by atoms with E-state index in [0.29, 0.717) is 0 Å². The third-order valence-corrected chi connectivity index (χ3v) is 2.90. The van der Waals surface area contributed by atoms with Gasteiger partial charge in [-0.3, -0.25) is 19.9 Å². The molecular weight excluding hydrogens is 291 g/mol. The number of nitro groups is 1. The Hall–Kier alpha value is -1.98. The standard InChI is InChI=1S/C12H6Cl2N2O3/c13-8-5-9(11(16(18)19)10(14)6-8)12(17)7-1-3-15-4-2-7/h1-6H. The van der Waals surface area contributed by atoms with Gasteiger partial charge in [0.05, 0.1) is 4.92 Å². The van der Waals surface area contributed by atoms with E-state index in [-0.39, 0.29) is 21.2 Å². The number of hydrogen-bond acceptors (Lipinski definition) is 4. The van der Waals surface area contributed by atoms with Crippen molar-refractivity contribution in [3.63, 3.8) is 0 Å². The maximum atomic E-state index is 12.2. The van der Waals surface area contributed by atoms with Crippen LogP contribution in [0.4, 0.5) is 5.69 Å². The fourth-order valence-corrected chi connectivity index (χ4v) is 2.15. The second-order valence-corrected chi connectivity index (χ2v) is 4.45. The molecule has 0 unspecified atom stereocenters. The Morgan fingerprint density at radius 1 is 1.21 bits per heavy atom. The molecule has 1 aromatic heterocycles. The summed E-state index contributed by atoms with van der Waals surface area (Å²) in [5.41, 5.74) is -0.321. The zero-order valence-corrected chi connectivity index (χ0v) is 10.9. The average molecular weight is 297 g/mol. The summed E-state index contributed by atoms with van der Waals surface area (Å²) in [4.78, 5) is 26.3. The van der Waals surface area contributed by atoms with E-state index in [1.54, 1.807) is 0 Å². The highest BCUT2D eigenvalue weighted by Gasteiger charge is 2.25. The van der Waals surface area contributed by atoms with E-state index in [9.17, 15) is 14.9 Å². The van der Waals surface area contributed by atoms with Crippen molar-refractivity contribution in [1.29, 1.82) is 0 Å². The number of benzene rings is 1. The van der Waals surface area contributed by atoms with Crippen molar-refractivity contribution in [1.82, 2.24) is 4.98 Å². The van der Waals surface area contributed by atoms with Crippen LogP contribution in [0.2, 0.25) is 10.0 Å². The predicted molar refractivity (Wildman–Crippen MR) is 70.8 cm³/mol. The Labute approximate surface area is 117 Å². The zero-order chi connectivity index (χ0) is 14.0. The van der Waals surface area contributed by atoms with Gasteiger partial charge in [0, 0.05) is 23.0 Å². The summed E-state index contributed by atoms with van der Waals surface area (Å²) in [6.07, 6.45) is 2.84. The SMILES string of the molecule is O=C(c1ccncc1)c1cc(Cl)cc(Cl)c1[N+](=O)[O-]. The van der Waals surface area contributed by atoms with Gasteiger partial charge in [0.1, 0.15) is 10.6 Å². The minimum absolute atomic E-state index is 0.145. The van der Waals surface area contributed by atoms with Gasteiger partial charge >= 0.3 is 0 Å². The molecule has 0 bridgehead atoms. The van der Waals surface area contributed by atoms with Crippen LogP contribution in [-0.2, 0) is 0 Å². The van der Waals surface area contributed by atoms with Gasteiger partial charge in [0.2, 0.25) is 0 Å². The van der Waals surface area contributed by atoms with Crippen molar-refractivity contribution in [2.45, 2.75) is 0 Å². The van der Waals surface area contributed by atoms with Gasteiger partial charge in [-0.15, -0.1) is 0 Å². The lowest BCUT2D eigenvalue weighted by atomic mass is 10.0. The maximum Gasteiger partial charge on any atom is 0.299 e. The van der Waals surface area contributed by atoms with Crippen LogP contribution in [0, 0.1) is 10.1 Å². The van der Waals surface area contributed by atoms with Gasteiger partial charge in [-0.25, -0.2) is 0 Å². The normalized spacial score (nSPS) is 10.2. The molecule has 0 N–H and O–H groups in total. The molecule has 0 amide bonds. The van der Waals surface area contributed by atoms with Crippen molar-refractivity contribution >= 4 is 34.7 Å². The van der Waals surface area contributed by atoms with Crippen LogP contribution >= 0.6 is 23.2 Å². The third kappa shape index (κ3) is 2.72. The maximum absolute atomic E-state index is 12.2. The first-order valence-corrected chi connectivity index (χ1v) is 5.84. The molecular formula is C12H6Cl2N2O3. The van der Waals surface area contributed by atoms with Gasteiger partial charge in [0.25, 0.3) is 5.69 Å². The highest BCUT2D eigenvalue weighted by atomic mass is 35.5. The molecule has 0 aliphatic carbocycles. The summed E-state index contributed by atoms with van der Waals surface area (Å²) in [5.74, 6) is -0.529. The van der Waals surface area contributed by atoms with Crippen LogP contribution < -0.4 is 0 Å². The summed E-state index contributed by atoms with van der Waals surface area (Å²) >= 11 is 11.6. The predicted octanol–water partition coefficient (Wildman–Crippen LogP) is 3.53. The van der Waals surface area contributed by atoms with E-state index in [4.69, 9.17) is 23.2 Å². The second-order valence-electron chi connectivity index (χ2n) is 3.61. The smallest absolute Gasteiger partial charge is 0.288 e. The number of nitro benzene ring substituents is 1. The van der Waals surface area contributed by atoms with Crippen LogP contribution in [0.1, 0.15) is 15.9 Å². The molecule has 2 aromatic rings. The molecule has 7 heteroatoms. The summed E-state index contributed by atoms with van der Waals surface area (Å²) in [7, 11) is 0. The number of pyridine rings is 1. The molecule has 0 fully saturated rings. The number of rotatable bonds is 3. The number of halogens is 2. The molecule has 1 heterocycles. The number of nitrogens with zero attached hydrogens (tertiary/aromatic N) is 2. The van der Waals surface area contributed by atoms with Crippen LogP contribution in [-0.4, -0.2) is 15.7 Å². The van der Waals surface area contributed by atoms with E-state index >= 15 is 0 Å². The minimum atomic E-state index is -0.701. The summed E-state index contributed by atoms with van der Waals surface area (Å²) in [6, 6.07) is 5.38. The van der Waals surface area contributed by atoms with Gasteiger partial charge in [0.15, 0.2) is 5.78 Å². The highest BCUT2D eigenvalue weighted by Crippen LogP contribution is 2.33. The highest BCUT2D eigenvalue weighted by molar-refractivity contribution is 6.37.